The Morgan fingerprint density at radius 1 is 1.00 bits per heavy atom. The topological polar surface area (TPSA) is 40.5 Å². The molecule has 3 nitrogen and oxygen atoms in total. The number of likely N-dealkylation sites (tertiary alicyclic amines) is 1. The van der Waals surface area contributed by atoms with E-state index in [2.05, 4.69) is 35.2 Å². The lowest BCUT2D eigenvalue weighted by atomic mass is 10.0. The van der Waals surface area contributed by atoms with Crippen molar-refractivity contribution in [3.8, 4) is 5.75 Å². The van der Waals surface area contributed by atoms with Gasteiger partial charge in [0, 0.05) is 28.8 Å². The fourth-order valence-electron chi connectivity index (χ4n) is 4.20. The number of phenolic OH excluding ortho intramolecular Hbond substituents is 1. The van der Waals surface area contributed by atoms with Crippen LogP contribution in [0, 0.1) is 11.8 Å². The van der Waals surface area contributed by atoms with Crippen molar-refractivity contribution in [1.29, 1.82) is 0 Å². The molecule has 1 aliphatic heterocycles. The van der Waals surface area contributed by atoms with E-state index in [0.717, 1.165) is 24.9 Å². The zero-order chi connectivity index (χ0) is 17.2. The Morgan fingerprint density at radius 3 is 2.28 bits per heavy atom. The van der Waals surface area contributed by atoms with Crippen LogP contribution in [0.25, 0.3) is 0 Å². The van der Waals surface area contributed by atoms with Crippen LogP contribution in [0.4, 0.5) is 0 Å². The van der Waals surface area contributed by atoms with Gasteiger partial charge < -0.3 is 5.11 Å². The molecule has 0 bridgehead atoms. The Labute approximate surface area is 153 Å². The minimum absolute atomic E-state index is 0.148. The van der Waals surface area contributed by atoms with Gasteiger partial charge in [0.1, 0.15) is 5.75 Å². The Bertz CT molecular complexity index is 717. The molecule has 2 aromatic rings. The predicted octanol–water partition coefficient (Wildman–Crippen LogP) is 4.08. The van der Waals surface area contributed by atoms with Crippen LogP contribution in [-0.4, -0.2) is 40.7 Å². The smallest absolute Gasteiger partial charge is 0.176 e. The van der Waals surface area contributed by atoms with Crippen LogP contribution < -0.4 is 0 Å². The summed E-state index contributed by atoms with van der Waals surface area (Å²) in [6.07, 6.45) is 2.52. The van der Waals surface area contributed by atoms with Gasteiger partial charge in [-0.05, 0) is 61.1 Å². The molecule has 2 aromatic carbocycles. The van der Waals surface area contributed by atoms with Crippen molar-refractivity contribution >= 4 is 17.5 Å². The number of hydrogen-bond donors (Lipinski definition) is 1. The summed E-state index contributed by atoms with van der Waals surface area (Å²) in [5.41, 5.74) is 0.687. The largest absolute Gasteiger partial charge is 0.508 e. The van der Waals surface area contributed by atoms with E-state index in [-0.39, 0.29) is 11.5 Å². The number of Topliss-reactive ketones (excluding diaryl/α,β-unsaturated/α-hetero) is 1. The molecule has 0 amide bonds. The molecular formula is C21H23NO2S. The summed E-state index contributed by atoms with van der Waals surface area (Å²) in [5, 5.41) is 10.1. The Kier molecular flexibility index (Phi) is 4.82. The predicted molar refractivity (Wildman–Crippen MR) is 101 cm³/mol. The van der Waals surface area contributed by atoms with Crippen molar-refractivity contribution in [3.63, 3.8) is 0 Å². The number of fused-ring (bicyclic) bond motifs is 1. The average molecular weight is 353 g/mol. The Morgan fingerprint density at radius 2 is 1.64 bits per heavy atom. The van der Waals surface area contributed by atoms with E-state index in [9.17, 15) is 9.90 Å². The fraction of sp³-hybridized carbons (Fsp3) is 0.381. The molecule has 0 unspecified atom stereocenters. The third-order valence-electron chi connectivity index (χ3n) is 5.39. The van der Waals surface area contributed by atoms with Gasteiger partial charge >= 0.3 is 0 Å². The molecule has 0 aromatic heterocycles. The molecule has 3 atom stereocenters. The number of rotatable bonds is 5. The second-order valence-electron chi connectivity index (χ2n) is 7.21. The molecular weight excluding hydrogens is 330 g/mol. The number of carbonyl (C=O) groups is 1. The number of benzene rings is 2. The molecule has 2 aliphatic rings. The number of thioether (sulfide) groups is 1. The molecule has 0 radical (unpaired) electrons. The first-order chi connectivity index (χ1) is 12.2. The van der Waals surface area contributed by atoms with Crippen molar-refractivity contribution in [2.24, 2.45) is 11.8 Å². The van der Waals surface area contributed by atoms with E-state index in [0.29, 0.717) is 17.4 Å². The number of phenols is 1. The molecule has 1 heterocycles. The van der Waals surface area contributed by atoms with E-state index < -0.39 is 0 Å². The maximum atomic E-state index is 12.4. The van der Waals surface area contributed by atoms with Crippen molar-refractivity contribution < 1.29 is 9.90 Å². The van der Waals surface area contributed by atoms with E-state index in [1.54, 1.807) is 24.3 Å². The first kappa shape index (κ1) is 16.7. The minimum atomic E-state index is 0.148. The van der Waals surface area contributed by atoms with Crippen LogP contribution in [0.5, 0.6) is 5.75 Å². The van der Waals surface area contributed by atoms with Gasteiger partial charge in [0.05, 0.1) is 6.54 Å². The average Bonchev–Trinajstić information content (AvgIpc) is 3.14. The number of ketones is 1. The summed E-state index contributed by atoms with van der Waals surface area (Å²) in [6, 6.07) is 17.2. The van der Waals surface area contributed by atoms with E-state index >= 15 is 0 Å². The highest BCUT2D eigenvalue weighted by atomic mass is 32.2. The fourth-order valence-corrected chi connectivity index (χ4v) is 5.59. The van der Waals surface area contributed by atoms with Crippen LogP contribution >= 0.6 is 11.8 Å². The maximum absolute atomic E-state index is 12.4. The number of aromatic hydroxyl groups is 1. The van der Waals surface area contributed by atoms with E-state index in [1.165, 1.54) is 17.7 Å². The summed E-state index contributed by atoms with van der Waals surface area (Å²) < 4.78 is 0. The second kappa shape index (κ2) is 7.22. The molecule has 4 rings (SSSR count). The molecule has 0 spiro atoms. The number of hydrogen-bond acceptors (Lipinski definition) is 4. The molecule has 1 aliphatic carbocycles. The molecule has 1 N–H and O–H groups in total. The van der Waals surface area contributed by atoms with Gasteiger partial charge in [0.2, 0.25) is 0 Å². The normalized spacial score (nSPS) is 25.8. The monoisotopic (exact) mass is 353 g/mol. The summed E-state index contributed by atoms with van der Waals surface area (Å²) >= 11 is 2.01. The van der Waals surface area contributed by atoms with Gasteiger partial charge in [-0.3, -0.25) is 9.69 Å². The van der Waals surface area contributed by atoms with Crippen molar-refractivity contribution in [1.82, 2.24) is 4.90 Å². The molecule has 4 heteroatoms. The van der Waals surface area contributed by atoms with Gasteiger partial charge in [-0.25, -0.2) is 0 Å². The Hall–Kier alpha value is -1.78. The van der Waals surface area contributed by atoms with Crippen LogP contribution in [-0.2, 0) is 0 Å². The summed E-state index contributed by atoms with van der Waals surface area (Å²) in [7, 11) is 0. The van der Waals surface area contributed by atoms with Crippen LogP contribution in [0.1, 0.15) is 23.2 Å². The summed E-state index contributed by atoms with van der Waals surface area (Å²) in [4.78, 5) is 16.1. The highest BCUT2D eigenvalue weighted by molar-refractivity contribution is 8.00. The minimum Gasteiger partial charge on any atom is -0.508 e. The van der Waals surface area contributed by atoms with Gasteiger partial charge in [-0.15, -0.1) is 11.8 Å². The lowest BCUT2D eigenvalue weighted by molar-refractivity contribution is 0.0941. The zero-order valence-corrected chi connectivity index (χ0v) is 15.0. The molecule has 1 saturated carbocycles. The third kappa shape index (κ3) is 3.91. The molecule has 130 valence electrons. The van der Waals surface area contributed by atoms with Crippen LogP contribution in [0.15, 0.2) is 59.5 Å². The highest BCUT2D eigenvalue weighted by Crippen LogP contribution is 2.44. The van der Waals surface area contributed by atoms with E-state index in [4.69, 9.17) is 0 Å². The second-order valence-corrected chi connectivity index (χ2v) is 8.58. The van der Waals surface area contributed by atoms with E-state index in [1.807, 2.05) is 11.8 Å². The zero-order valence-electron chi connectivity index (χ0n) is 14.2. The lowest BCUT2D eigenvalue weighted by Gasteiger charge is -2.18. The van der Waals surface area contributed by atoms with Crippen LogP contribution in [0.3, 0.4) is 0 Å². The van der Waals surface area contributed by atoms with Gasteiger partial charge in [0.25, 0.3) is 0 Å². The number of nitrogens with zero attached hydrogens (tertiary/aromatic N) is 1. The third-order valence-corrected chi connectivity index (χ3v) is 6.65. The van der Waals surface area contributed by atoms with Crippen molar-refractivity contribution in [3.05, 3.63) is 60.2 Å². The Balaban J connectivity index is 1.29. The SMILES string of the molecule is O=C(CN1C[C@H]2C[C@H](Sc3ccccc3)C[C@H]2C1)c1ccc(O)cc1. The maximum Gasteiger partial charge on any atom is 0.176 e. The number of carbonyl (C=O) groups excluding carboxylic acids is 1. The molecule has 2 fully saturated rings. The highest BCUT2D eigenvalue weighted by Gasteiger charge is 2.41. The van der Waals surface area contributed by atoms with Crippen LogP contribution in [0.2, 0.25) is 0 Å². The standard InChI is InChI=1S/C21H23NO2S/c23-18-8-6-15(7-9-18)21(24)14-22-12-16-10-20(11-17(16)13-22)25-19-4-2-1-3-5-19/h1-9,16-17,20,23H,10-14H2/t16-,17+,20+. The summed E-state index contributed by atoms with van der Waals surface area (Å²) in [5.74, 6) is 1.81. The molecule has 1 saturated heterocycles. The van der Waals surface area contributed by atoms with Crippen molar-refractivity contribution in [2.45, 2.75) is 23.0 Å². The summed E-state index contributed by atoms with van der Waals surface area (Å²) in [6.45, 7) is 2.58. The molecule has 25 heavy (non-hydrogen) atoms. The van der Waals surface area contributed by atoms with Gasteiger partial charge in [0.15, 0.2) is 5.78 Å². The van der Waals surface area contributed by atoms with Gasteiger partial charge in [-0.2, -0.15) is 0 Å². The lowest BCUT2D eigenvalue weighted by Crippen LogP contribution is -2.29. The first-order valence-electron chi connectivity index (χ1n) is 8.93. The quantitative estimate of drug-likeness (QED) is 0.823. The van der Waals surface area contributed by atoms with Crippen molar-refractivity contribution in [2.75, 3.05) is 19.6 Å². The van der Waals surface area contributed by atoms with Gasteiger partial charge in [-0.1, -0.05) is 18.2 Å². The first-order valence-corrected chi connectivity index (χ1v) is 9.81.